The van der Waals surface area contributed by atoms with Crippen LogP contribution in [-0.2, 0) is 19.1 Å². The van der Waals surface area contributed by atoms with Crippen molar-refractivity contribution >= 4 is 29.6 Å². The molecule has 3 aliphatic rings. The third kappa shape index (κ3) is 3.58. The van der Waals surface area contributed by atoms with E-state index in [1.54, 1.807) is 45.0 Å². The summed E-state index contributed by atoms with van der Waals surface area (Å²) in [6.45, 7) is 5.46. The van der Waals surface area contributed by atoms with Crippen LogP contribution in [-0.4, -0.2) is 68.7 Å². The number of rotatable bonds is 2. The number of fused-ring (bicyclic) bond motifs is 2. The van der Waals surface area contributed by atoms with E-state index in [9.17, 15) is 24.0 Å². The number of nitrogens with zero attached hydrogens (tertiary/aromatic N) is 3. The summed E-state index contributed by atoms with van der Waals surface area (Å²) < 4.78 is 5.49. The summed E-state index contributed by atoms with van der Waals surface area (Å²) in [4.78, 5) is 66.1. The van der Waals surface area contributed by atoms with Gasteiger partial charge in [0.15, 0.2) is 6.04 Å². The van der Waals surface area contributed by atoms with Gasteiger partial charge in [-0.15, -0.1) is 0 Å². The number of benzene rings is 1. The van der Waals surface area contributed by atoms with Crippen molar-refractivity contribution < 1.29 is 28.7 Å². The lowest BCUT2D eigenvalue weighted by molar-refractivity contribution is -0.188. The predicted molar refractivity (Wildman–Crippen MR) is 107 cm³/mol. The maximum absolute atomic E-state index is 13.6. The molecule has 2 saturated heterocycles. The molecule has 4 amide bonds. The quantitative estimate of drug-likeness (QED) is 0.524. The Labute approximate surface area is 179 Å². The molecule has 0 radical (unpaired) electrons. The van der Waals surface area contributed by atoms with E-state index in [-0.39, 0.29) is 29.9 Å². The van der Waals surface area contributed by atoms with Crippen molar-refractivity contribution in [3.63, 3.8) is 0 Å². The van der Waals surface area contributed by atoms with Crippen molar-refractivity contribution in [2.75, 3.05) is 6.54 Å². The van der Waals surface area contributed by atoms with Crippen molar-refractivity contribution in [2.24, 2.45) is 0 Å². The van der Waals surface area contributed by atoms with Gasteiger partial charge in [-0.1, -0.05) is 12.1 Å². The second kappa shape index (κ2) is 7.47. The Bertz CT molecular complexity index is 947. The molecule has 0 saturated carbocycles. The normalized spacial score (nSPS) is 24.2. The number of hydrazine groups is 1. The molecule has 9 heteroatoms. The van der Waals surface area contributed by atoms with Gasteiger partial charge >= 0.3 is 5.97 Å². The van der Waals surface area contributed by atoms with Crippen LogP contribution in [0.5, 0.6) is 0 Å². The SMILES string of the molecule is CC(C)(C)OC(=O)[C@@H]1CCCN2C(=O)CC[C@H](N3C(=O)c4ccccc4C3=O)C(=O)N12. The van der Waals surface area contributed by atoms with Crippen LogP contribution in [0.2, 0.25) is 0 Å². The van der Waals surface area contributed by atoms with Crippen LogP contribution < -0.4 is 0 Å². The number of carbonyl (C=O) groups is 5. The summed E-state index contributed by atoms with van der Waals surface area (Å²) in [6, 6.07) is 4.23. The number of esters is 1. The Kier molecular flexibility index (Phi) is 5.07. The highest BCUT2D eigenvalue weighted by Crippen LogP contribution is 2.32. The van der Waals surface area contributed by atoms with E-state index < -0.39 is 41.4 Å². The second-order valence-corrected chi connectivity index (χ2v) is 8.97. The van der Waals surface area contributed by atoms with Crippen LogP contribution in [0.4, 0.5) is 0 Å². The third-order valence-electron chi connectivity index (χ3n) is 5.65. The molecule has 0 bridgehead atoms. The van der Waals surface area contributed by atoms with E-state index in [0.29, 0.717) is 19.4 Å². The summed E-state index contributed by atoms with van der Waals surface area (Å²) in [5.41, 5.74) is -0.301. The number of imide groups is 1. The standard InChI is InChI=1S/C22H25N3O6/c1-22(2,3)31-21(30)16-9-6-12-23-17(26)11-10-15(20(29)25(16)23)24-18(27)13-7-4-5-8-14(13)19(24)28/h4-5,7-8,15-16H,6,9-12H2,1-3H3/t15-,16-/m0/s1. The Morgan fingerprint density at radius 2 is 1.61 bits per heavy atom. The van der Waals surface area contributed by atoms with Gasteiger partial charge in [-0.05, 0) is 52.2 Å². The minimum atomic E-state index is -1.16. The molecular formula is C22H25N3O6. The van der Waals surface area contributed by atoms with Crippen LogP contribution in [0.3, 0.4) is 0 Å². The Morgan fingerprint density at radius 1 is 1.00 bits per heavy atom. The molecule has 1 aromatic carbocycles. The highest BCUT2D eigenvalue weighted by molar-refractivity contribution is 6.23. The molecule has 9 nitrogen and oxygen atoms in total. The molecule has 3 aliphatic heterocycles. The number of carbonyl (C=O) groups excluding carboxylic acids is 5. The summed E-state index contributed by atoms with van der Waals surface area (Å²) in [6.07, 6.45) is 0.870. The fraction of sp³-hybridized carbons (Fsp3) is 0.500. The lowest BCUT2D eigenvalue weighted by Gasteiger charge is -2.43. The first-order chi connectivity index (χ1) is 14.6. The Morgan fingerprint density at radius 3 is 2.19 bits per heavy atom. The molecule has 0 aliphatic carbocycles. The van der Waals surface area contributed by atoms with Crippen molar-refractivity contribution in [1.82, 2.24) is 14.9 Å². The summed E-state index contributed by atoms with van der Waals surface area (Å²) in [5.74, 6) is -2.67. The molecule has 3 heterocycles. The van der Waals surface area contributed by atoms with Crippen molar-refractivity contribution in [3.05, 3.63) is 35.4 Å². The van der Waals surface area contributed by atoms with E-state index in [0.717, 1.165) is 9.91 Å². The van der Waals surface area contributed by atoms with Crippen LogP contribution in [0.15, 0.2) is 24.3 Å². The first kappa shape index (κ1) is 21.0. The first-order valence-corrected chi connectivity index (χ1v) is 10.4. The van der Waals surface area contributed by atoms with Gasteiger partial charge in [0.25, 0.3) is 17.7 Å². The van der Waals surface area contributed by atoms with Gasteiger partial charge in [-0.25, -0.2) is 9.80 Å². The molecule has 164 valence electrons. The van der Waals surface area contributed by atoms with Crippen LogP contribution >= 0.6 is 0 Å². The average molecular weight is 427 g/mol. The van der Waals surface area contributed by atoms with Crippen LogP contribution in [0.25, 0.3) is 0 Å². The molecule has 0 aromatic heterocycles. The largest absolute Gasteiger partial charge is 0.458 e. The zero-order chi connectivity index (χ0) is 22.5. The molecule has 0 N–H and O–H groups in total. The minimum Gasteiger partial charge on any atom is -0.458 e. The average Bonchev–Trinajstić information content (AvgIpc) is 2.89. The monoisotopic (exact) mass is 427 g/mol. The van der Waals surface area contributed by atoms with Crippen molar-refractivity contribution in [2.45, 2.75) is 64.1 Å². The van der Waals surface area contributed by atoms with E-state index in [1.165, 1.54) is 5.01 Å². The smallest absolute Gasteiger partial charge is 0.331 e. The van der Waals surface area contributed by atoms with Crippen molar-refractivity contribution in [3.8, 4) is 0 Å². The van der Waals surface area contributed by atoms with Crippen LogP contribution in [0.1, 0.15) is 67.2 Å². The van der Waals surface area contributed by atoms with E-state index in [2.05, 4.69) is 0 Å². The maximum atomic E-state index is 13.6. The molecule has 31 heavy (non-hydrogen) atoms. The lowest BCUT2D eigenvalue weighted by Crippen LogP contribution is -2.63. The summed E-state index contributed by atoms with van der Waals surface area (Å²) in [7, 11) is 0. The first-order valence-electron chi connectivity index (χ1n) is 10.4. The zero-order valence-electron chi connectivity index (χ0n) is 17.8. The van der Waals surface area contributed by atoms with Crippen molar-refractivity contribution in [1.29, 1.82) is 0 Å². The zero-order valence-corrected chi connectivity index (χ0v) is 17.8. The molecule has 2 atom stereocenters. The molecule has 4 rings (SSSR count). The third-order valence-corrected chi connectivity index (χ3v) is 5.65. The second-order valence-electron chi connectivity index (χ2n) is 8.97. The number of ether oxygens (including phenoxy) is 1. The van der Waals surface area contributed by atoms with Gasteiger partial charge in [0.1, 0.15) is 11.6 Å². The molecule has 1 aromatic rings. The predicted octanol–water partition coefficient (Wildman–Crippen LogP) is 1.52. The Balaban J connectivity index is 1.69. The topological polar surface area (TPSA) is 104 Å². The number of hydrogen-bond acceptors (Lipinski definition) is 6. The van der Waals surface area contributed by atoms with Crippen LogP contribution in [0, 0.1) is 0 Å². The van der Waals surface area contributed by atoms with Gasteiger partial charge in [-0.2, -0.15) is 0 Å². The maximum Gasteiger partial charge on any atom is 0.331 e. The van der Waals surface area contributed by atoms with Gasteiger partial charge in [0.2, 0.25) is 5.91 Å². The highest BCUT2D eigenvalue weighted by Gasteiger charge is 2.50. The molecule has 0 spiro atoms. The fourth-order valence-corrected chi connectivity index (χ4v) is 4.33. The van der Waals surface area contributed by atoms with Gasteiger partial charge in [0.05, 0.1) is 11.1 Å². The van der Waals surface area contributed by atoms with E-state index in [4.69, 9.17) is 4.74 Å². The summed E-state index contributed by atoms with van der Waals surface area (Å²) >= 11 is 0. The summed E-state index contributed by atoms with van der Waals surface area (Å²) in [5, 5.41) is 2.40. The fourth-order valence-electron chi connectivity index (χ4n) is 4.33. The highest BCUT2D eigenvalue weighted by atomic mass is 16.6. The van der Waals surface area contributed by atoms with Gasteiger partial charge < -0.3 is 4.74 Å². The van der Waals surface area contributed by atoms with Gasteiger partial charge in [-0.3, -0.25) is 29.1 Å². The minimum absolute atomic E-state index is 0.0111. The lowest BCUT2D eigenvalue weighted by atomic mass is 10.1. The van der Waals surface area contributed by atoms with Gasteiger partial charge in [0, 0.05) is 13.0 Å². The Hall–Kier alpha value is -3.23. The molecular weight excluding hydrogens is 402 g/mol. The molecule has 2 fully saturated rings. The van der Waals surface area contributed by atoms with E-state index >= 15 is 0 Å². The number of hydrogen-bond donors (Lipinski definition) is 0. The van der Waals surface area contributed by atoms with E-state index in [1.807, 2.05) is 0 Å². The number of amides is 4. The molecule has 0 unspecified atom stereocenters.